The molecule has 1 aromatic heterocycles. The number of rotatable bonds is 6. The SMILES string of the molecule is NCCOCCn1nc([N+](=O)[O-])nc1Br. The summed E-state index contributed by atoms with van der Waals surface area (Å²) in [5.74, 6) is -0.430. The first-order valence-electron chi connectivity index (χ1n) is 4.17. The van der Waals surface area contributed by atoms with Gasteiger partial charge in [0.2, 0.25) is 0 Å². The first-order chi connectivity index (χ1) is 7.15. The van der Waals surface area contributed by atoms with Crippen molar-refractivity contribution >= 4 is 21.9 Å². The van der Waals surface area contributed by atoms with E-state index in [1.165, 1.54) is 4.68 Å². The molecule has 0 saturated heterocycles. The van der Waals surface area contributed by atoms with Crippen LogP contribution in [0.2, 0.25) is 0 Å². The zero-order chi connectivity index (χ0) is 11.3. The highest BCUT2D eigenvalue weighted by molar-refractivity contribution is 9.10. The molecule has 0 radical (unpaired) electrons. The molecule has 0 aromatic carbocycles. The summed E-state index contributed by atoms with van der Waals surface area (Å²) in [6, 6.07) is 0. The van der Waals surface area contributed by atoms with Crippen LogP contribution >= 0.6 is 15.9 Å². The second-order valence-corrected chi connectivity index (χ2v) is 3.27. The molecular formula is C6H10BrN5O3. The maximum absolute atomic E-state index is 10.3. The highest BCUT2D eigenvalue weighted by atomic mass is 79.9. The Hall–Kier alpha value is -1.06. The third kappa shape index (κ3) is 3.53. The van der Waals surface area contributed by atoms with Gasteiger partial charge in [0, 0.05) is 27.6 Å². The average molecular weight is 280 g/mol. The van der Waals surface area contributed by atoms with Gasteiger partial charge >= 0.3 is 5.95 Å². The van der Waals surface area contributed by atoms with Gasteiger partial charge in [-0.25, -0.2) is 0 Å². The second kappa shape index (κ2) is 5.73. The van der Waals surface area contributed by atoms with Gasteiger partial charge in [-0.2, -0.15) is 4.68 Å². The number of nitrogens with two attached hydrogens (primary N) is 1. The Labute approximate surface area is 93.7 Å². The molecule has 1 rings (SSSR count). The van der Waals surface area contributed by atoms with Crippen LogP contribution in [0.15, 0.2) is 4.73 Å². The summed E-state index contributed by atoms with van der Waals surface area (Å²) in [5, 5.41) is 14.0. The van der Waals surface area contributed by atoms with E-state index in [0.29, 0.717) is 31.0 Å². The molecular weight excluding hydrogens is 270 g/mol. The van der Waals surface area contributed by atoms with Crippen molar-refractivity contribution in [2.45, 2.75) is 6.54 Å². The van der Waals surface area contributed by atoms with E-state index < -0.39 is 10.9 Å². The fraction of sp³-hybridized carbons (Fsp3) is 0.667. The van der Waals surface area contributed by atoms with Gasteiger partial charge in [-0.05, 0) is 9.91 Å². The fourth-order valence-electron chi connectivity index (χ4n) is 0.868. The summed E-state index contributed by atoms with van der Waals surface area (Å²) in [5.41, 5.74) is 5.22. The lowest BCUT2D eigenvalue weighted by Crippen LogP contribution is -2.13. The van der Waals surface area contributed by atoms with E-state index in [-0.39, 0.29) is 0 Å². The van der Waals surface area contributed by atoms with E-state index in [4.69, 9.17) is 10.5 Å². The van der Waals surface area contributed by atoms with Crippen LogP contribution in [0.3, 0.4) is 0 Å². The summed E-state index contributed by atoms with van der Waals surface area (Å²) >= 11 is 3.06. The van der Waals surface area contributed by atoms with Crippen LogP contribution in [0.1, 0.15) is 0 Å². The van der Waals surface area contributed by atoms with Crippen molar-refractivity contribution in [3.05, 3.63) is 14.8 Å². The molecule has 0 aliphatic rings. The lowest BCUT2D eigenvalue weighted by atomic mass is 10.6. The number of nitrogens with zero attached hydrogens (tertiary/aromatic N) is 4. The Morgan fingerprint density at radius 1 is 1.60 bits per heavy atom. The van der Waals surface area contributed by atoms with Crippen molar-refractivity contribution in [3.8, 4) is 0 Å². The maximum Gasteiger partial charge on any atom is 0.492 e. The predicted octanol–water partition coefficient (Wildman–Crippen LogP) is -0.0759. The summed E-state index contributed by atoms with van der Waals surface area (Å²) in [7, 11) is 0. The summed E-state index contributed by atoms with van der Waals surface area (Å²) in [6.45, 7) is 1.67. The minimum Gasteiger partial charge on any atom is -0.390 e. The van der Waals surface area contributed by atoms with Gasteiger partial charge in [0.05, 0.1) is 19.8 Å². The molecule has 9 heteroatoms. The third-order valence-electron chi connectivity index (χ3n) is 1.49. The maximum atomic E-state index is 10.3. The van der Waals surface area contributed by atoms with Gasteiger partial charge in [-0.15, -0.1) is 0 Å². The highest BCUT2D eigenvalue weighted by Gasteiger charge is 2.18. The molecule has 84 valence electrons. The molecule has 0 unspecified atom stereocenters. The number of ether oxygens (including phenoxy) is 1. The van der Waals surface area contributed by atoms with E-state index >= 15 is 0 Å². The van der Waals surface area contributed by atoms with Gasteiger partial charge in [0.25, 0.3) is 4.73 Å². The molecule has 0 spiro atoms. The second-order valence-electron chi connectivity index (χ2n) is 2.56. The first kappa shape index (κ1) is 12.0. The zero-order valence-electron chi connectivity index (χ0n) is 7.80. The van der Waals surface area contributed by atoms with Crippen molar-refractivity contribution in [2.24, 2.45) is 5.73 Å². The Morgan fingerprint density at radius 2 is 2.33 bits per heavy atom. The third-order valence-corrected chi connectivity index (χ3v) is 2.08. The molecule has 0 bridgehead atoms. The Kier molecular flexibility index (Phi) is 4.59. The quantitative estimate of drug-likeness (QED) is 0.443. The number of nitro groups is 1. The lowest BCUT2D eigenvalue weighted by Gasteiger charge is -1.99. The van der Waals surface area contributed by atoms with Crippen LogP contribution < -0.4 is 5.73 Å². The molecule has 1 heterocycles. The van der Waals surface area contributed by atoms with Crippen molar-refractivity contribution < 1.29 is 9.66 Å². The van der Waals surface area contributed by atoms with Crippen molar-refractivity contribution in [3.63, 3.8) is 0 Å². The lowest BCUT2D eigenvalue weighted by molar-refractivity contribution is -0.394. The number of aromatic nitrogens is 3. The zero-order valence-corrected chi connectivity index (χ0v) is 9.38. The van der Waals surface area contributed by atoms with E-state index in [9.17, 15) is 10.1 Å². The van der Waals surface area contributed by atoms with Gasteiger partial charge in [0.15, 0.2) is 0 Å². The van der Waals surface area contributed by atoms with E-state index in [1.807, 2.05) is 0 Å². The molecule has 8 nitrogen and oxygen atoms in total. The molecule has 15 heavy (non-hydrogen) atoms. The molecule has 0 aliphatic heterocycles. The average Bonchev–Trinajstić information content (AvgIpc) is 2.55. The topological polar surface area (TPSA) is 109 Å². The van der Waals surface area contributed by atoms with Crippen LogP contribution in [0.5, 0.6) is 0 Å². The standard InChI is InChI=1S/C6H10BrN5O3/c7-5-9-6(12(13)14)10-11(5)2-4-15-3-1-8/h1-4,8H2. The Morgan fingerprint density at radius 3 is 2.87 bits per heavy atom. The molecule has 0 fully saturated rings. The molecule has 0 amide bonds. The van der Waals surface area contributed by atoms with Gasteiger partial charge in [-0.1, -0.05) is 0 Å². The molecule has 0 aliphatic carbocycles. The van der Waals surface area contributed by atoms with Crippen LogP contribution in [0, 0.1) is 10.1 Å². The molecule has 2 N–H and O–H groups in total. The monoisotopic (exact) mass is 279 g/mol. The molecule has 0 atom stereocenters. The smallest absolute Gasteiger partial charge is 0.390 e. The summed E-state index contributed by atoms with van der Waals surface area (Å²) < 4.78 is 6.77. The van der Waals surface area contributed by atoms with Crippen molar-refractivity contribution in [1.82, 2.24) is 14.8 Å². The van der Waals surface area contributed by atoms with Crippen LogP contribution in [-0.4, -0.2) is 39.4 Å². The van der Waals surface area contributed by atoms with Gasteiger partial charge in [0.1, 0.15) is 0 Å². The Bertz CT molecular complexity index is 342. The minimum atomic E-state index is -0.651. The van der Waals surface area contributed by atoms with E-state index in [2.05, 4.69) is 26.0 Å². The highest BCUT2D eigenvalue weighted by Crippen LogP contribution is 2.11. The number of halogens is 1. The van der Waals surface area contributed by atoms with Crippen LogP contribution in [0.4, 0.5) is 5.95 Å². The summed E-state index contributed by atoms with van der Waals surface area (Å²) in [6.07, 6.45) is 0. The fourth-order valence-corrected chi connectivity index (χ4v) is 1.28. The van der Waals surface area contributed by atoms with Crippen LogP contribution in [0.25, 0.3) is 0 Å². The number of hydrogen-bond acceptors (Lipinski definition) is 6. The van der Waals surface area contributed by atoms with Gasteiger partial charge in [-0.3, -0.25) is 0 Å². The van der Waals surface area contributed by atoms with Crippen LogP contribution in [-0.2, 0) is 11.3 Å². The minimum absolute atomic E-state index is 0.311. The molecule has 0 saturated carbocycles. The largest absolute Gasteiger partial charge is 0.492 e. The number of hydrogen-bond donors (Lipinski definition) is 1. The van der Waals surface area contributed by atoms with E-state index in [0.717, 1.165) is 0 Å². The summed E-state index contributed by atoms with van der Waals surface area (Å²) in [4.78, 5) is 13.3. The van der Waals surface area contributed by atoms with E-state index in [1.54, 1.807) is 0 Å². The predicted molar refractivity (Wildman–Crippen MR) is 54.2 cm³/mol. The van der Waals surface area contributed by atoms with Gasteiger partial charge < -0.3 is 20.6 Å². The van der Waals surface area contributed by atoms with Crippen molar-refractivity contribution in [1.29, 1.82) is 0 Å². The van der Waals surface area contributed by atoms with Crippen molar-refractivity contribution in [2.75, 3.05) is 19.8 Å². The Balaban J connectivity index is 2.50. The first-order valence-corrected chi connectivity index (χ1v) is 4.97. The molecule has 1 aromatic rings. The normalized spacial score (nSPS) is 10.5.